The molecule has 4 rings (SSSR count). The molecule has 0 radical (unpaired) electrons. The molecule has 0 unspecified atom stereocenters. The number of aliphatic hydroxyl groups is 1. The van der Waals surface area contributed by atoms with Gasteiger partial charge < -0.3 is 10.0 Å². The molecule has 0 spiro atoms. The number of carbonyl (C=O) groups is 1. The Morgan fingerprint density at radius 2 is 1.83 bits per heavy atom. The Bertz CT molecular complexity index is 1070. The number of hydrogen-bond acceptors (Lipinski definition) is 3. The van der Waals surface area contributed by atoms with E-state index in [4.69, 9.17) is 0 Å². The number of amides is 1. The second kappa shape index (κ2) is 7.72. The molecule has 156 valence electrons. The van der Waals surface area contributed by atoms with Crippen molar-refractivity contribution in [2.24, 2.45) is 0 Å². The van der Waals surface area contributed by atoms with Crippen molar-refractivity contribution >= 4 is 16.8 Å². The standard InChI is InChI=1S/C23H21F3N2O2/c24-23(25,26)19-5-1-4-18(15-19)22(30)8-11-28(12-9-22)21(29)14-16-6-7-20-17(13-16)3-2-10-27-20/h1-7,10,13,15,30H,8-9,11-12,14H2. The van der Waals surface area contributed by atoms with Crippen molar-refractivity contribution < 1.29 is 23.1 Å². The lowest BCUT2D eigenvalue weighted by Crippen LogP contribution is -2.45. The van der Waals surface area contributed by atoms with E-state index in [9.17, 15) is 23.1 Å². The maximum atomic E-state index is 13.0. The van der Waals surface area contributed by atoms with Crippen molar-refractivity contribution in [3.63, 3.8) is 0 Å². The zero-order chi connectivity index (χ0) is 21.4. The van der Waals surface area contributed by atoms with Gasteiger partial charge in [0.2, 0.25) is 5.91 Å². The Kier molecular flexibility index (Phi) is 5.24. The van der Waals surface area contributed by atoms with Crippen molar-refractivity contribution in [3.05, 3.63) is 77.5 Å². The van der Waals surface area contributed by atoms with E-state index in [1.165, 1.54) is 12.1 Å². The smallest absolute Gasteiger partial charge is 0.385 e. The molecular weight excluding hydrogens is 393 g/mol. The van der Waals surface area contributed by atoms with Crippen molar-refractivity contribution in [3.8, 4) is 0 Å². The number of halogens is 3. The highest BCUT2D eigenvalue weighted by Crippen LogP contribution is 2.36. The Morgan fingerprint density at radius 3 is 2.57 bits per heavy atom. The summed E-state index contributed by atoms with van der Waals surface area (Å²) < 4.78 is 39.0. The van der Waals surface area contributed by atoms with Crippen LogP contribution in [0.15, 0.2) is 60.8 Å². The Labute approximate surface area is 172 Å². The van der Waals surface area contributed by atoms with Crippen LogP contribution in [0.3, 0.4) is 0 Å². The van der Waals surface area contributed by atoms with E-state index >= 15 is 0 Å². The highest BCUT2D eigenvalue weighted by atomic mass is 19.4. The highest BCUT2D eigenvalue weighted by Gasteiger charge is 2.37. The number of carbonyl (C=O) groups excluding carboxylic acids is 1. The van der Waals surface area contributed by atoms with Crippen LogP contribution in [-0.4, -0.2) is 34.0 Å². The zero-order valence-electron chi connectivity index (χ0n) is 16.2. The molecule has 4 nitrogen and oxygen atoms in total. The van der Waals surface area contributed by atoms with Gasteiger partial charge in [0, 0.05) is 24.7 Å². The van der Waals surface area contributed by atoms with E-state index in [1.54, 1.807) is 11.1 Å². The van der Waals surface area contributed by atoms with Gasteiger partial charge in [-0.15, -0.1) is 0 Å². The van der Waals surface area contributed by atoms with Gasteiger partial charge in [0.05, 0.1) is 23.1 Å². The van der Waals surface area contributed by atoms with Crippen molar-refractivity contribution in [2.75, 3.05) is 13.1 Å². The topological polar surface area (TPSA) is 53.4 Å². The maximum absolute atomic E-state index is 13.0. The highest BCUT2D eigenvalue weighted by molar-refractivity contribution is 5.83. The first-order valence-corrected chi connectivity index (χ1v) is 9.76. The number of hydrogen-bond donors (Lipinski definition) is 1. The molecule has 0 saturated carbocycles. The molecule has 0 bridgehead atoms. The number of likely N-dealkylation sites (tertiary alicyclic amines) is 1. The van der Waals surface area contributed by atoms with Crippen LogP contribution in [0.25, 0.3) is 10.9 Å². The minimum atomic E-state index is -4.46. The van der Waals surface area contributed by atoms with Crippen LogP contribution in [-0.2, 0) is 23.0 Å². The molecular formula is C23H21F3N2O2. The lowest BCUT2D eigenvalue weighted by Gasteiger charge is -2.38. The number of aromatic nitrogens is 1. The van der Waals surface area contributed by atoms with Gasteiger partial charge in [0.15, 0.2) is 0 Å². The fraction of sp³-hybridized carbons (Fsp3) is 0.304. The summed E-state index contributed by atoms with van der Waals surface area (Å²) in [5.74, 6) is -0.0654. The first-order chi connectivity index (χ1) is 14.2. The van der Waals surface area contributed by atoms with Gasteiger partial charge in [-0.2, -0.15) is 13.2 Å². The average molecular weight is 414 g/mol. The molecule has 7 heteroatoms. The third-order valence-electron chi connectivity index (χ3n) is 5.69. The van der Waals surface area contributed by atoms with Crippen LogP contribution >= 0.6 is 0 Å². The molecule has 1 aliphatic rings. The molecule has 2 heterocycles. The molecule has 1 saturated heterocycles. The van der Waals surface area contributed by atoms with Gasteiger partial charge in [0.25, 0.3) is 0 Å². The van der Waals surface area contributed by atoms with Crippen LogP contribution in [0, 0.1) is 0 Å². The van der Waals surface area contributed by atoms with Gasteiger partial charge in [-0.3, -0.25) is 9.78 Å². The van der Waals surface area contributed by atoms with E-state index in [-0.39, 0.29) is 30.7 Å². The normalized spacial score (nSPS) is 16.6. The summed E-state index contributed by atoms with van der Waals surface area (Å²) in [6.07, 6.45) is -2.12. The number of pyridine rings is 1. The number of rotatable bonds is 3. The number of nitrogens with zero attached hydrogens (tertiary/aromatic N) is 2. The van der Waals surface area contributed by atoms with Gasteiger partial charge in [0.1, 0.15) is 0 Å². The average Bonchev–Trinajstić information content (AvgIpc) is 2.73. The quantitative estimate of drug-likeness (QED) is 0.695. The molecule has 1 N–H and O–H groups in total. The molecule has 30 heavy (non-hydrogen) atoms. The number of piperidine rings is 1. The first-order valence-electron chi connectivity index (χ1n) is 9.76. The molecule has 0 aliphatic carbocycles. The maximum Gasteiger partial charge on any atom is 0.416 e. The molecule has 1 amide bonds. The van der Waals surface area contributed by atoms with Gasteiger partial charge in [-0.25, -0.2) is 0 Å². The SMILES string of the molecule is O=C(Cc1ccc2ncccc2c1)N1CCC(O)(c2cccc(C(F)(F)F)c2)CC1. The lowest BCUT2D eigenvalue weighted by atomic mass is 9.83. The van der Waals surface area contributed by atoms with Gasteiger partial charge >= 0.3 is 6.18 Å². The molecule has 2 aromatic carbocycles. The van der Waals surface area contributed by atoms with E-state index in [0.717, 1.165) is 28.6 Å². The summed E-state index contributed by atoms with van der Waals surface area (Å²) in [6.45, 7) is 0.585. The summed E-state index contributed by atoms with van der Waals surface area (Å²) in [5.41, 5.74) is -0.173. The van der Waals surface area contributed by atoms with Crippen LogP contribution < -0.4 is 0 Å². The summed E-state index contributed by atoms with van der Waals surface area (Å²) in [5, 5.41) is 11.9. The van der Waals surface area contributed by atoms with E-state index in [0.29, 0.717) is 13.1 Å². The number of benzene rings is 2. The van der Waals surface area contributed by atoms with Crippen LogP contribution in [0.5, 0.6) is 0 Å². The number of fused-ring (bicyclic) bond motifs is 1. The molecule has 1 aromatic heterocycles. The third kappa shape index (κ3) is 4.16. The van der Waals surface area contributed by atoms with E-state index in [1.807, 2.05) is 30.3 Å². The van der Waals surface area contributed by atoms with E-state index < -0.39 is 17.3 Å². The first kappa shape index (κ1) is 20.3. The Hall–Kier alpha value is -2.93. The minimum Gasteiger partial charge on any atom is -0.385 e. The van der Waals surface area contributed by atoms with Crippen molar-refractivity contribution in [1.82, 2.24) is 9.88 Å². The van der Waals surface area contributed by atoms with Gasteiger partial charge in [-0.1, -0.05) is 24.3 Å². The number of alkyl halides is 3. The van der Waals surface area contributed by atoms with Crippen LogP contribution in [0.1, 0.15) is 29.5 Å². The summed E-state index contributed by atoms with van der Waals surface area (Å²) in [6, 6.07) is 14.3. The van der Waals surface area contributed by atoms with Crippen LogP contribution in [0.2, 0.25) is 0 Å². The molecule has 1 fully saturated rings. The Balaban J connectivity index is 1.42. The lowest BCUT2D eigenvalue weighted by molar-refractivity contribution is -0.137. The molecule has 3 aromatic rings. The van der Waals surface area contributed by atoms with E-state index in [2.05, 4.69) is 4.98 Å². The summed E-state index contributed by atoms with van der Waals surface area (Å²) >= 11 is 0. The predicted octanol–water partition coefficient (Wildman–Crippen LogP) is 4.31. The van der Waals surface area contributed by atoms with Gasteiger partial charge in [-0.05, 0) is 54.3 Å². The summed E-state index contributed by atoms with van der Waals surface area (Å²) in [4.78, 5) is 18.6. The summed E-state index contributed by atoms with van der Waals surface area (Å²) in [7, 11) is 0. The van der Waals surface area contributed by atoms with Crippen molar-refractivity contribution in [2.45, 2.75) is 31.0 Å². The second-order valence-electron chi connectivity index (χ2n) is 7.70. The van der Waals surface area contributed by atoms with Crippen LogP contribution in [0.4, 0.5) is 13.2 Å². The molecule has 1 aliphatic heterocycles. The fourth-order valence-electron chi connectivity index (χ4n) is 3.92. The second-order valence-corrected chi connectivity index (χ2v) is 7.70. The predicted molar refractivity (Wildman–Crippen MR) is 107 cm³/mol. The monoisotopic (exact) mass is 414 g/mol. The third-order valence-corrected chi connectivity index (χ3v) is 5.69. The fourth-order valence-corrected chi connectivity index (χ4v) is 3.92. The van der Waals surface area contributed by atoms with Crippen molar-refractivity contribution in [1.29, 1.82) is 0 Å². The minimum absolute atomic E-state index is 0.0654. The largest absolute Gasteiger partial charge is 0.416 e. The molecule has 0 atom stereocenters. The zero-order valence-corrected chi connectivity index (χ0v) is 16.2. The Morgan fingerprint density at radius 1 is 1.07 bits per heavy atom.